The van der Waals surface area contributed by atoms with Gasteiger partial charge in [0.1, 0.15) is 12.4 Å². The molecule has 0 amide bonds. The predicted molar refractivity (Wildman–Crippen MR) is 62.1 cm³/mol. The summed E-state index contributed by atoms with van der Waals surface area (Å²) in [4.78, 5) is 0. The van der Waals surface area contributed by atoms with Crippen LogP contribution >= 0.6 is 12.4 Å². The largest absolute Gasteiger partial charge is 0.490 e. The van der Waals surface area contributed by atoms with Gasteiger partial charge < -0.3 is 10.1 Å². The van der Waals surface area contributed by atoms with Crippen molar-refractivity contribution >= 4 is 12.4 Å². The maximum absolute atomic E-state index is 5.35. The lowest BCUT2D eigenvalue weighted by Gasteiger charge is -2.04. The average molecular weight is 214 g/mol. The van der Waals surface area contributed by atoms with Crippen molar-refractivity contribution in [2.24, 2.45) is 0 Å². The summed E-state index contributed by atoms with van der Waals surface area (Å²) < 4.78 is 5.35. The third-order valence-corrected chi connectivity index (χ3v) is 1.67. The Morgan fingerprint density at radius 3 is 2.50 bits per heavy atom. The van der Waals surface area contributed by atoms with Gasteiger partial charge in [0.2, 0.25) is 0 Å². The molecule has 0 fully saturated rings. The highest BCUT2D eigenvalue weighted by Crippen LogP contribution is 2.11. The summed E-state index contributed by atoms with van der Waals surface area (Å²) in [6.45, 7) is 5.04. The first kappa shape index (κ1) is 13.0. The van der Waals surface area contributed by atoms with Crippen molar-refractivity contribution in [3.8, 4) is 5.75 Å². The minimum atomic E-state index is 0. The Morgan fingerprint density at radius 1 is 1.36 bits per heavy atom. The first-order valence-electron chi connectivity index (χ1n) is 4.34. The Balaban J connectivity index is 0.00000169. The molecule has 3 heteroatoms. The summed E-state index contributed by atoms with van der Waals surface area (Å²) in [6.07, 6.45) is 1.74. The lowest BCUT2D eigenvalue weighted by molar-refractivity contribution is 0.363. The Morgan fingerprint density at radius 2 is 2.00 bits per heavy atom. The molecular formula is C11H16ClNO. The SMILES string of the molecule is C=CCOc1ccc(CNC)cc1.Cl. The summed E-state index contributed by atoms with van der Waals surface area (Å²) in [6, 6.07) is 8.04. The predicted octanol–water partition coefficient (Wildman–Crippen LogP) is 2.39. The zero-order chi connectivity index (χ0) is 9.52. The van der Waals surface area contributed by atoms with Crippen molar-refractivity contribution in [2.45, 2.75) is 6.54 Å². The van der Waals surface area contributed by atoms with Gasteiger partial charge in [-0.3, -0.25) is 0 Å². The van der Waals surface area contributed by atoms with Crippen molar-refractivity contribution in [1.29, 1.82) is 0 Å². The number of hydrogen-bond donors (Lipinski definition) is 1. The molecule has 0 aromatic heterocycles. The fraction of sp³-hybridized carbons (Fsp3) is 0.273. The van der Waals surface area contributed by atoms with Gasteiger partial charge in [0.25, 0.3) is 0 Å². The zero-order valence-electron chi connectivity index (χ0n) is 8.32. The molecule has 0 radical (unpaired) electrons. The molecule has 78 valence electrons. The summed E-state index contributed by atoms with van der Waals surface area (Å²) >= 11 is 0. The van der Waals surface area contributed by atoms with Gasteiger partial charge in [-0.25, -0.2) is 0 Å². The molecule has 0 unspecified atom stereocenters. The van der Waals surface area contributed by atoms with Crippen molar-refractivity contribution in [2.75, 3.05) is 13.7 Å². The highest BCUT2D eigenvalue weighted by molar-refractivity contribution is 5.85. The fourth-order valence-corrected chi connectivity index (χ4v) is 1.06. The highest BCUT2D eigenvalue weighted by atomic mass is 35.5. The minimum absolute atomic E-state index is 0. The van der Waals surface area contributed by atoms with E-state index in [1.165, 1.54) is 5.56 Å². The van der Waals surface area contributed by atoms with Gasteiger partial charge in [0.05, 0.1) is 0 Å². The molecule has 0 aliphatic rings. The monoisotopic (exact) mass is 213 g/mol. The third kappa shape index (κ3) is 4.30. The first-order valence-corrected chi connectivity index (χ1v) is 4.34. The van der Waals surface area contributed by atoms with Crippen LogP contribution in [0.2, 0.25) is 0 Å². The molecule has 0 aliphatic carbocycles. The van der Waals surface area contributed by atoms with Crippen LogP contribution in [-0.2, 0) is 6.54 Å². The second-order valence-corrected chi connectivity index (χ2v) is 2.77. The van der Waals surface area contributed by atoms with Crippen molar-refractivity contribution < 1.29 is 4.74 Å². The van der Waals surface area contributed by atoms with Crippen LogP contribution < -0.4 is 10.1 Å². The van der Waals surface area contributed by atoms with Crippen LogP contribution in [0.5, 0.6) is 5.75 Å². The molecule has 0 saturated heterocycles. The molecule has 1 aromatic carbocycles. The van der Waals surface area contributed by atoms with Crippen molar-refractivity contribution in [3.63, 3.8) is 0 Å². The van der Waals surface area contributed by atoms with E-state index in [0.29, 0.717) is 6.61 Å². The van der Waals surface area contributed by atoms with Crippen LogP contribution in [0.25, 0.3) is 0 Å². The molecule has 1 N–H and O–H groups in total. The molecule has 2 nitrogen and oxygen atoms in total. The van der Waals surface area contributed by atoms with Crippen LogP contribution in [0.15, 0.2) is 36.9 Å². The molecule has 0 heterocycles. The van der Waals surface area contributed by atoms with Crippen LogP contribution in [0.1, 0.15) is 5.56 Å². The van der Waals surface area contributed by atoms with E-state index in [1.807, 2.05) is 19.2 Å². The molecule has 1 aromatic rings. The summed E-state index contributed by atoms with van der Waals surface area (Å²) in [5, 5.41) is 3.09. The minimum Gasteiger partial charge on any atom is -0.490 e. The summed E-state index contributed by atoms with van der Waals surface area (Å²) in [7, 11) is 1.93. The Bertz CT molecular complexity index is 258. The zero-order valence-corrected chi connectivity index (χ0v) is 9.14. The Kier molecular flexibility index (Phi) is 6.89. The van der Waals surface area contributed by atoms with Gasteiger partial charge in [-0.05, 0) is 24.7 Å². The van der Waals surface area contributed by atoms with E-state index in [2.05, 4.69) is 24.0 Å². The van der Waals surface area contributed by atoms with Gasteiger partial charge in [-0.1, -0.05) is 24.8 Å². The number of halogens is 1. The smallest absolute Gasteiger partial charge is 0.119 e. The van der Waals surface area contributed by atoms with Crippen LogP contribution in [0, 0.1) is 0 Å². The van der Waals surface area contributed by atoms with Gasteiger partial charge in [0, 0.05) is 6.54 Å². The number of benzene rings is 1. The van der Waals surface area contributed by atoms with Gasteiger partial charge in [-0.2, -0.15) is 0 Å². The number of rotatable bonds is 5. The molecule has 14 heavy (non-hydrogen) atoms. The summed E-state index contributed by atoms with van der Waals surface area (Å²) in [5.41, 5.74) is 1.26. The van der Waals surface area contributed by atoms with E-state index in [-0.39, 0.29) is 12.4 Å². The maximum Gasteiger partial charge on any atom is 0.119 e. The normalized spacial score (nSPS) is 8.93. The number of ether oxygens (including phenoxy) is 1. The standard InChI is InChI=1S/C11H15NO.ClH/c1-3-8-13-11-6-4-10(5-7-11)9-12-2;/h3-7,12H,1,8-9H2,2H3;1H. The summed E-state index contributed by atoms with van der Waals surface area (Å²) in [5.74, 6) is 0.889. The number of nitrogens with one attached hydrogen (secondary N) is 1. The quantitative estimate of drug-likeness (QED) is 0.759. The third-order valence-electron chi connectivity index (χ3n) is 1.67. The lowest BCUT2D eigenvalue weighted by Crippen LogP contribution is -2.04. The van der Waals surface area contributed by atoms with E-state index in [9.17, 15) is 0 Å². The van der Waals surface area contributed by atoms with E-state index in [1.54, 1.807) is 6.08 Å². The molecule has 0 saturated carbocycles. The average Bonchev–Trinajstić information content (AvgIpc) is 2.17. The molecular weight excluding hydrogens is 198 g/mol. The molecule has 0 atom stereocenters. The fourth-order valence-electron chi connectivity index (χ4n) is 1.06. The lowest BCUT2D eigenvalue weighted by atomic mass is 10.2. The Labute approximate surface area is 91.4 Å². The van der Waals surface area contributed by atoms with Crippen LogP contribution in [0.4, 0.5) is 0 Å². The molecule has 0 spiro atoms. The Hall–Kier alpha value is -0.990. The highest BCUT2D eigenvalue weighted by Gasteiger charge is 1.92. The second kappa shape index (κ2) is 7.42. The van der Waals surface area contributed by atoms with Gasteiger partial charge >= 0.3 is 0 Å². The molecule has 0 aliphatic heterocycles. The van der Waals surface area contributed by atoms with E-state index in [4.69, 9.17) is 4.74 Å². The van der Waals surface area contributed by atoms with Gasteiger partial charge in [-0.15, -0.1) is 12.4 Å². The van der Waals surface area contributed by atoms with Crippen molar-refractivity contribution in [1.82, 2.24) is 5.32 Å². The topological polar surface area (TPSA) is 21.3 Å². The van der Waals surface area contributed by atoms with E-state index >= 15 is 0 Å². The van der Waals surface area contributed by atoms with E-state index < -0.39 is 0 Å². The van der Waals surface area contributed by atoms with E-state index in [0.717, 1.165) is 12.3 Å². The first-order chi connectivity index (χ1) is 6.36. The van der Waals surface area contributed by atoms with Crippen LogP contribution in [-0.4, -0.2) is 13.7 Å². The maximum atomic E-state index is 5.35. The molecule has 0 bridgehead atoms. The number of hydrogen-bond acceptors (Lipinski definition) is 2. The van der Waals surface area contributed by atoms with Crippen molar-refractivity contribution in [3.05, 3.63) is 42.5 Å². The van der Waals surface area contributed by atoms with Gasteiger partial charge in [0.15, 0.2) is 0 Å². The van der Waals surface area contributed by atoms with Crippen LogP contribution in [0.3, 0.4) is 0 Å². The second-order valence-electron chi connectivity index (χ2n) is 2.77. The molecule has 1 rings (SSSR count).